The molecule has 0 aromatic heterocycles. The molecule has 0 aliphatic carbocycles. The van der Waals surface area contributed by atoms with Gasteiger partial charge in [0.25, 0.3) is 0 Å². The molecule has 0 saturated carbocycles. The molecular formula is C20H27F3N2O5. The van der Waals surface area contributed by atoms with Crippen LogP contribution in [0.25, 0.3) is 0 Å². The van der Waals surface area contributed by atoms with Gasteiger partial charge in [-0.3, -0.25) is 9.59 Å². The van der Waals surface area contributed by atoms with Crippen molar-refractivity contribution in [3.05, 3.63) is 29.1 Å². The van der Waals surface area contributed by atoms with E-state index in [-0.39, 0.29) is 17.6 Å². The summed E-state index contributed by atoms with van der Waals surface area (Å²) in [5.41, 5.74) is 1.97. The molecule has 0 radical (unpaired) electrons. The summed E-state index contributed by atoms with van der Waals surface area (Å²) in [4.78, 5) is 28.9. The van der Waals surface area contributed by atoms with E-state index in [4.69, 9.17) is 14.7 Å². The third-order valence-corrected chi connectivity index (χ3v) is 5.07. The van der Waals surface area contributed by atoms with E-state index in [2.05, 4.69) is 10.8 Å². The summed E-state index contributed by atoms with van der Waals surface area (Å²) in [6.07, 6.45) is 2.38. The fourth-order valence-electron chi connectivity index (χ4n) is 3.20. The number of nitrogens with one attached hydrogen (secondary N) is 2. The number of aliphatic carboxylic acids is 1. The Bertz CT molecular complexity index is 741. The number of carboxylic acid groups (broad SMARTS) is 1. The van der Waals surface area contributed by atoms with E-state index in [1.807, 2.05) is 6.92 Å². The highest BCUT2D eigenvalue weighted by atomic mass is 19.2. The lowest BCUT2D eigenvalue weighted by Gasteiger charge is -2.28. The minimum Gasteiger partial charge on any atom is -0.482 e. The smallest absolute Gasteiger partial charge is 0.305 e. The van der Waals surface area contributed by atoms with E-state index >= 15 is 0 Å². The zero-order valence-corrected chi connectivity index (χ0v) is 17.0. The van der Waals surface area contributed by atoms with Gasteiger partial charge in [-0.2, -0.15) is 9.87 Å². The zero-order chi connectivity index (χ0) is 22.3. The quantitative estimate of drug-likeness (QED) is 0.386. The first kappa shape index (κ1) is 24.1. The normalized spacial score (nSPS) is 20.4. The number of hydrogen-bond acceptors (Lipinski definition) is 6. The van der Waals surface area contributed by atoms with Crippen LogP contribution in [0.1, 0.15) is 38.2 Å². The molecule has 30 heavy (non-hydrogen) atoms. The summed E-state index contributed by atoms with van der Waals surface area (Å²) in [5, 5.41) is 12.4. The molecule has 0 unspecified atom stereocenters. The van der Waals surface area contributed by atoms with Crippen molar-refractivity contribution in [2.24, 2.45) is 5.41 Å². The van der Waals surface area contributed by atoms with Crippen LogP contribution in [0.15, 0.2) is 6.07 Å². The maximum atomic E-state index is 13.9. The van der Waals surface area contributed by atoms with Gasteiger partial charge in [0, 0.05) is 23.6 Å². The summed E-state index contributed by atoms with van der Waals surface area (Å²) in [6.45, 7) is 4.29. The molecule has 2 rings (SSSR count). The highest BCUT2D eigenvalue weighted by molar-refractivity contribution is 5.88. The number of Topliss-reactive ketones (excluding diaryl/α,β-unsaturated/α-hetero) is 1. The van der Waals surface area contributed by atoms with Gasteiger partial charge in [0.05, 0.1) is 13.0 Å². The van der Waals surface area contributed by atoms with Crippen LogP contribution in [-0.4, -0.2) is 49.2 Å². The Morgan fingerprint density at radius 3 is 2.73 bits per heavy atom. The molecule has 1 fully saturated rings. The van der Waals surface area contributed by atoms with Crippen LogP contribution in [0, 0.1) is 29.8 Å². The van der Waals surface area contributed by atoms with Crippen LogP contribution < -0.4 is 15.5 Å². The second kappa shape index (κ2) is 10.7. The molecule has 1 aliphatic rings. The van der Waals surface area contributed by atoms with Crippen LogP contribution >= 0.6 is 0 Å². The number of rotatable bonds is 10. The minimum atomic E-state index is -1.45. The SMILES string of the molecule is Cc1c(F)cc(F)c(F)c1OCC(=O)[C@H](CC(=O)O)NOC[C@]1(C)CCCCNC1. The van der Waals surface area contributed by atoms with E-state index in [9.17, 15) is 22.8 Å². The average molecular weight is 432 g/mol. The van der Waals surface area contributed by atoms with Crippen LogP contribution in [-0.2, 0) is 14.4 Å². The molecule has 2 atom stereocenters. The summed E-state index contributed by atoms with van der Waals surface area (Å²) in [7, 11) is 0. The van der Waals surface area contributed by atoms with E-state index in [0.29, 0.717) is 6.07 Å². The van der Waals surface area contributed by atoms with Gasteiger partial charge in [0.2, 0.25) is 5.82 Å². The molecule has 0 amide bonds. The summed E-state index contributed by atoms with van der Waals surface area (Å²) in [6, 6.07) is -0.892. The first-order valence-electron chi connectivity index (χ1n) is 9.72. The number of benzene rings is 1. The van der Waals surface area contributed by atoms with Crippen molar-refractivity contribution in [2.75, 3.05) is 26.3 Å². The number of halogens is 3. The molecular weight excluding hydrogens is 405 g/mol. The van der Waals surface area contributed by atoms with Gasteiger partial charge in [0.15, 0.2) is 17.3 Å². The summed E-state index contributed by atoms with van der Waals surface area (Å²) >= 11 is 0. The molecule has 1 aromatic carbocycles. The Morgan fingerprint density at radius 2 is 2.03 bits per heavy atom. The van der Waals surface area contributed by atoms with Crippen molar-refractivity contribution in [1.82, 2.24) is 10.8 Å². The molecule has 10 heteroatoms. The van der Waals surface area contributed by atoms with Gasteiger partial charge in [-0.05, 0) is 26.3 Å². The predicted molar refractivity (Wildman–Crippen MR) is 102 cm³/mol. The summed E-state index contributed by atoms with van der Waals surface area (Å²) in [5.74, 6) is -6.64. The number of carboxylic acids is 1. The lowest BCUT2D eigenvalue weighted by Crippen LogP contribution is -2.44. The van der Waals surface area contributed by atoms with Crippen LogP contribution in [0.2, 0.25) is 0 Å². The third kappa shape index (κ3) is 6.68. The molecule has 0 bridgehead atoms. The highest BCUT2D eigenvalue weighted by Gasteiger charge is 2.28. The van der Waals surface area contributed by atoms with Crippen LogP contribution in [0.5, 0.6) is 5.75 Å². The molecule has 7 nitrogen and oxygen atoms in total. The van der Waals surface area contributed by atoms with Gasteiger partial charge in [0.1, 0.15) is 18.5 Å². The van der Waals surface area contributed by atoms with Crippen LogP contribution in [0.4, 0.5) is 13.2 Å². The Hall–Kier alpha value is -2.17. The molecule has 3 N–H and O–H groups in total. The van der Waals surface area contributed by atoms with Crippen molar-refractivity contribution < 1.29 is 37.4 Å². The fraction of sp³-hybridized carbons (Fsp3) is 0.600. The largest absolute Gasteiger partial charge is 0.482 e. The number of hydrogen-bond donors (Lipinski definition) is 3. The first-order chi connectivity index (χ1) is 14.1. The average Bonchev–Trinajstić information content (AvgIpc) is 2.90. The first-order valence-corrected chi connectivity index (χ1v) is 9.72. The zero-order valence-electron chi connectivity index (χ0n) is 17.0. The van der Waals surface area contributed by atoms with Gasteiger partial charge in [-0.15, -0.1) is 0 Å². The van der Waals surface area contributed by atoms with Crippen molar-refractivity contribution in [2.45, 2.75) is 45.6 Å². The molecule has 0 spiro atoms. The van der Waals surface area contributed by atoms with Gasteiger partial charge < -0.3 is 20.0 Å². The lowest BCUT2D eigenvalue weighted by molar-refractivity contribution is -0.143. The van der Waals surface area contributed by atoms with E-state index in [0.717, 1.165) is 32.4 Å². The second-order valence-corrected chi connectivity index (χ2v) is 7.86. The van der Waals surface area contributed by atoms with Gasteiger partial charge in [-0.25, -0.2) is 8.78 Å². The number of hydroxylamine groups is 1. The van der Waals surface area contributed by atoms with E-state index in [1.54, 1.807) is 0 Å². The van der Waals surface area contributed by atoms with Crippen molar-refractivity contribution in [3.8, 4) is 5.75 Å². The predicted octanol–water partition coefficient (Wildman–Crippen LogP) is 2.50. The maximum Gasteiger partial charge on any atom is 0.305 e. The fourth-order valence-corrected chi connectivity index (χ4v) is 3.20. The topological polar surface area (TPSA) is 96.9 Å². The molecule has 1 heterocycles. The molecule has 168 valence electrons. The monoisotopic (exact) mass is 432 g/mol. The van der Waals surface area contributed by atoms with Gasteiger partial charge in [-0.1, -0.05) is 13.3 Å². The Balaban J connectivity index is 1.97. The highest BCUT2D eigenvalue weighted by Crippen LogP contribution is 2.27. The van der Waals surface area contributed by atoms with E-state index < -0.39 is 54.0 Å². The molecule has 1 aromatic rings. The third-order valence-electron chi connectivity index (χ3n) is 5.07. The Labute approximate surface area is 172 Å². The van der Waals surface area contributed by atoms with Gasteiger partial charge >= 0.3 is 5.97 Å². The molecule has 1 aliphatic heterocycles. The molecule has 1 saturated heterocycles. The second-order valence-electron chi connectivity index (χ2n) is 7.86. The van der Waals surface area contributed by atoms with Crippen LogP contribution in [0.3, 0.4) is 0 Å². The maximum absolute atomic E-state index is 13.9. The standard InChI is InChI=1S/C20H27F3N2O5/c1-12-13(21)7-14(22)18(23)19(12)29-9-16(26)15(8-17(27)28)25-30-11-20(2)5-3-4-6-24-10-20/h7,15,24-25H,3-6,8-11H2,1-2H3,(H,27,28)/t15-,20+/m0/s1. The van der Waals surface area contributed by atoms with Crippen molar-refractivity contribution >= 4 is 11.8 Å². The number of carbonyl (C=O) groups excluding carboxylic acids is 1. The van der Waals surface area contributed by atoms with Crippen molar-refractivity contribution in [1.29, 1.82) is 0 Å². The number of carbonyl (C=O) groups is 2. The minimum absolute atomic E-state index is 0.184. The van der Waals surface area contributed by atoms with Crippen molar-refractivity contribution in [3.63, 3.8) is 0 Å². The number of ether oxygens (including phenoxy) is 1. The summed E-state index contributed by atoms with van der Waals surface area (Å²) < 4.78 is 45.8. The lowest BCUT2D eigenvalue weighted by atomic mass is 9.87. The number of ketones is 1. The Kier molecular flexibility index (Phi) is 8.63. The Morgan fingerprint density at radius 1 is 1.30 bits per heavy atom. The van der Waals surface area contributed by atoms with E-state index in [1.165, 1.54) is 6.92 Å².